The quantitative estimate of drug-likeness (QED) is 0.908. The summed E-state index contributed by atoms with van der Waals surface area (Å²) in [6, 6.07) is 5.30. The van der Waals surface area contributed by atoms with E-state index in [1.54, 1.807) is 6.92 Å². The monoisotopic (exact) mass is 299 g/mol. The summed E-state index contributed by atoms with van der Waals surface area (Å²) in [5.74, 6) is -0.183. The number of aryl methyl sites for hydroxylation is 2. The fraction of sp³-hybridized carbons (Fsp3) is 0.231. The van der Waals surface area contributed by atoms with E-state index in [-0.39, 0.29) is 22.1 Å². The van der Waals surface area contributed by atoms with Crippen LogP contribution in [0.15, 0.2) is 33.6 Å². The Balaban J connectivity index is 2.35. The molecule has 0 saturated heterocycles. The molecule has 0 aliphatic heterocycles. The Morgan fingerprint density at radius 1 is 1.30 bits per heavy atom. The van der Waals surface area contributed by atoms with Crippen molar-refractivity contribution in [2.45, 2.75) is 25.3 Å². The molecular formula is C13H14FNO4S. The Hall–Kier alpha value is -1.86. The fourth-order valence-corrected chi connectivity index (χ4v) is 2.99. The number of nitrogens with one attached hydrogen (secondary N) is 1. The molecule has 2 rings (SSSR count). The average Bonchev–Trinajstić information content (AvgIpc) is 2.76. The lowest BCUT2D eigenvalue weighted by Gasteiger charge is -2.07. The highest BCUT2D eigenvalue weighted by atomic mass is 32.2. The Morgan fingerprint density at radius 3 is 2.55 bits per heavy atom. The van der Waals surface area contributed by atoms with Gasteiger partial charge in [-0.2, -0.15) is 0 Å². The number of hydrogen-bond acceptors (Lipinski definition) is 4. The van der Waals surface area contributed by atoms with E-state index >= 15 is 0 Å². The van der Waals surface area contributed by atoms with Crippen molar-refractivity contribution in [1.82, 2.24) is 0 Å². The van der Waals surface area contributed by atoms with Gasteiger partial charge in [0.1, 0.15) is 28.8 Å². The molecule has 2 N–H and O–H groups in total. The van der Waals surface area contributed by atoms with Gasteiger partial charge in [0.2, 0.25) is 0 Å². The normalized spacial score (nSPS) is 11.6. The Labute approximate surface area is 116 Å². The molecule has 0 bridgehead atoms. The second-order valence-corrected chi connectivity index (χ2v) is 6.01. The first-order chi connectivity index (χ1) is 9.33. The second-order valence-electron chi connectivity index (χ2n) is 4.36. The summed E-state index contributed by atoms with van der Waals surface area (Å²) < 4.78 is 45.1. The van der Waals surface area contributed by atoms with Gasteiger partial charge in [0.05, 0.1) is 5.69 Å². The lowest BCUT2D eigenvalue weighted by atomic mass is 10.2. The number of aliphatic hydroxyl groups excluding tert-OH is 1. The van der Waals surface area contributed by atoms with Gasteiger partial charge < -0.3 is 9.52 Å². The number of aliphatic hydroxyl groups is 1. The van der Waals surface area contributed by atoms with Crippen molar-refractivity contribution in [2.75, 3.05) is 4.72 Å². The third kappa shape index (κ3) is 2.83. The van der Waals surface area contributed by atoms with Crippen molar-refractivity contribution in [3.63, 3.8) is 0 Å². The molecule has 1 aromatic carbocycles. The van der Waals surface area contributed by atoms with E-state index in [1.165, 1.54) is 25.1 Å². The molecule has 0 radical (unpaired) electrons. The van der Waals surface area contributed by atoms with Crippen LogP contribution in [0.1, 0.15) is 17.1 Å². The number of halogens is 1. The summed E-state index contributed by atoms with van der Waals surface area (Å²) in [5.41, 5.74) is 0.550. The minimum atomic E-state index is -3.88. The van der Waals surface area contributed by atoms with Crippen LogP contribution in [0.5, 0.6) is 0 Å². The second kappa shape index (κ2) is 5.26. The van der Waals surface area contributed by atoms with Crippen LogP contribution in [0, 0.1) is 19.7 Å². The zero-order valence-electron chi connectivity index (χ0n) is 11.0. The average molecular weight is 299 g/mol. The molecule has 1 heterocycles. The number of hydrogen-bond donors (Lipinski definition) is 2. The van der Waals surface area contributed by atoms with Crippen molar-refractivity contribution in [3.8, 4) is 0 Å². The molecule has 20 heavy (non-hydrogen) atoms. The van der Waals surface area contributed by atoms with Crippen LogP contribution in [0.3, 0.4) is 0 Å². The maximum Gasteiger partial charge on any atom is 0.265 e. The number of anilines is 1. The molecule has 0 aliphatic rings. The molecule has 7 heteroatoms. The maximum absolute atomic E-state index is 13.4. The summed E-state index contributed by atoms with van der Waals surface area (Å²) in [6.07, 6.45) is 0. The first kappa shape index (κ1) is 14.5. The van der Waals surface area contributed by atoms with E-state index in [1.807, 2.05) is 0 Å². The van der Waals surface area contributed by atoms with E-state index in [0.717, 1.165) is 6.07 Å². The van der Waals surface area contributed by atoms with Crippen molar-refractivity contribution in [2.24, 2.45) is 0 Å². The number of benzene rings is 1. The van der Waals surface area contributed by atoms with Crippen LogP contribution in [0.4, 0.5) is 10.1 Å². The van der Waals surface area contributed by atoms with E-state index in [2.05, 4.69) is 4.72 Å². The molecular weight excluding hydrogens is 285 g/mol. The fourth-order valence-electron chi connectivity index (χ4n) is 1.74. The molecule has 0 spiro atoms. The topological polar surface area (TPSA) is 79.5 Å². The lowest BCUT2D eigenvalue weighted by molar-refractivity contribution is 0.245. The molecule has 0 fully saturated rings. The van der Waals surface area contributed by atoms with Crippen LogP contribution in [0.2, 0.25) is 0 Å². The predicted octanol–water partition coefficient (Wildman–Crippen LogP) is 2.33. The van der Waals surface area contributed by atoms with E-state index in [9.17, 15) is 12.8 Å². The molecule has 0 saturated carbocycles. The molecule has 0 unspecified atom stereocenters. The molecule has 108 valence electrons. The zero-order chi connectivity index (χ0) is 14.9. The van der Waals surface area contributed by atoms with Gasteiger partial charge in [-0.05, 0) is 31.5 Å². The van der Waals surface area contributed by atoms with E-state index in [4.69, 9.17) is 9.52 Å². The van der Waals surface area contributed by atoms with Gasteiger partial charge in [-0.3, -0.25) is 4.72 Å². The zero-order valence-corrected chi connectivity index (χ0v) is 11.8. The van der Waals surface area contributed by atoms with Crippen molar-refractivity contribution in [3.05, 3.63) is 47.2 Å². The molecule has 0 atom stereocenters. The summed E-state index contributed by atoms with van der Waals surface area (Å²) in [5, 5.41) is 8.94. The third-order valence-electron chi connectivity index (χ3n) is 2.79. The lowest BCUT2D eigenvalue weighted by Crippen LogP contribution is -2.13. The minimum absolute atomic E-state index is 0.0810. The van der Waals surface area contributed by atoms with Crippen molar-refractivity contribution >= 4 is 15.7 Å². The highest BCUT2D eigenvalue weighted by molar-refractivity contribution is 7.92. The summed E-state index contributed by atoms with van der Waals surface area (Å²) in [6.45, 7) is 2.67. The van der Waals surface area contributed by atoms with Gasteiger partial charge in [-0.15, -0.1) is 0 Å². The Morgan fingerprint density at radius 2 is 2.00 bits per heavy atom. The van der Waals surface area contributed by atoms with Crippen LogP contribution < -0.4 is 4.72 Å². The van der Waals surface area contributed by atoms with Gasteiger partial charge in [0.25, 0.3) is 10.0 Å². The van der Waals surface area contributed by atoms with Crippen molar-refractivity contribution < 1.29 is 22.3 Å². The number of rotatable bonds is 4. The number of furan rings is 1. The van der Waals surface area contributed by atoms with Crippen LogP contribution in [-0.2, 0) is 16.6 Å². The predicted molar refractivity (Wildman–Crippen MR) is 71.3 cm³/mol. The van der Waals surface area contributed by atoms with Crippen molar-refractivity contribution in [1.29, 1.82) is 0 Å². The van der Waals surface area contributed by atoms with E-state index < -0.39 is 22.4 Å². The van der Waals surface area contributed by atoms with Gasteiger partial charge in [-0.25, -0.2) is 12.8 Å². The molecule has 0 amide bonds. The van der Waals surface area contributed by atoms with Gasteiger partial charge in [0.15, 0.2) is 0 Å². The minimum Gasteiger partial charge on any atom is -0.462 e. The van der Waals surface area contributed by atoms with Crippen LogP contribution >= 0.6 is 0 Å². The molecule has 1 aromatic heterocycles. The third-order valence-corrected chi connectivity index (χ3v) is 4.28. The van der Waals surface area contributed by atoms with Gasteiger partial charge in [-0.1, -0.05) is 6.07 Å². The molecule has 0 aliphatic carbocycles. The summed E-state index contributed by atoms with van der Waals surface area (Å²) in [4.78, 5) is -0.0810. The standard InChI is InChI=1S/C13H14FNO4S/c1-8-3-4-10(5-12(8)14)15-20(17,18)13-6-11(7-16)19-9(13)2/h3-6,15-16H,7H2,1-2H3. The van der Waals surface area contributed by atoms with E-state index in [0.29, 0.717) is 5.56 Å². The number of sulfonamides is 1. The maximum atomic E-state index is 13.4. The molecule has 5 nitrogen and oxygen atoms in total. The summed E-state index contributed by atoms with van der Waals surface area (Å²) >= 11 is 0. The van der Waals surface area contributed by atoms with Crippen LogP contribution in [0.25, 0.3) is 0 Å². The van der Waals surface area contributed by atoms with Crippen LogP contribution in [-0.4, -0.2) is 13.5 Å². The summed E-state index contributed by atoms with van der Waals surface area (Å²) in [7, 11) is -3.88. The molecule has 2 aromatic rings. The van der Waals surface area contributed by atoms with Gasteiger partial charge in [0, 0.05) is 6.07 Å². The first-order valence-electron chi connectivity index (χ1n) is 5.82. The smallest absolute Gasteiger partial charge is 0.265 e. The SMILES string of the molecule is Cc1ccc(NS(=O)(=O)c2cc(CO)oc2C)cc1F. The Kier molecular flexibility index (Phi) is 3.82. The Bertz CT molecular complexity index is 737. The van der Waals surface area contributed by atoms with Gasteiger partial charge >= 0.3 is 0 Å². The highest BCUT2D eigenvalue weighted by Gasteiger charge is 2.21. The highest BCUT2D eigenvalue weighted by Crippen LogP contribution is 2.23. The first-order valence-corrected chi connectivity index (χ1v) is 7.31. The largest absolute Gasteiger partial charge is 0.462 e.